The van der Waals surface area contributed by atoms with E-state index in [1.807, 2.05) is 6.92 Å². The number of sulfone groups is 1. The van der Waals surface area contributed by atoms with E-state index in [9.17, 15) is 18.1 Å². The van der Waals surface area contributed by atoms with Crippen LogP contribution >= 0.6 is 19.3 Å². The molecule has 0 saturated carbocycles. The van der Waals surface area contributed by atoms with E-state index in [1.54, 1.807) is 24.6 Å². The van der Waals surface area contributed by atoms with Gasteiger partial charge in [0, 0.05) is 36.8 Å². The number of carbonyl (C=O) groups excluding carboxylic acids is 1. The van der Waals surface area contributed by atoms with Crippen LogP contribution in [0.5, 0.6) is 17.2 Å². The molecule has 2 N–H and O–H groups in total. The van der Waals surface area contributed by atoms with Crippen LogP contribution in [0.15, 0.2) is 46.9 Å². The molecule has 2 aromatic heterocycles. The summed E-state index contributed by atoms with van der Waals surface area (Å²) >= 11 is 1.21. The minimum Gasteiger partial charge on any atom is -0.488 e. The molecule has 15 heteroatoms. The summed E-state index contributed by atoms with van der Waals surface area (Å²) in [5.74, 6) is 0.478. The van der Waals surface area contributed by atoms with E-state index in [0.717, 1.165) is 12.7 Å². The highest BCUT2D eigenvalue weighted by Gasteiger charge is 2.44. The average Bonchev–Trinajstić information content (AvgIpc) is 3.34. The van der Waals surface area contributed by atoms with Crippen molar-refractivity contribution in [3.8, 4) is 17.2 Å². The van der Waals surface area contributed by atoms with E-state index in [2.05, 4.69) is 15.3 Å². The van der Waals surface area contributed by atoms with Crippen LogP contribution in [0, 0.1) is 0 Å². The number of methoxy groups -OCH3 is 1. The van der Waals surface area contributed by atoms with Gasteiger partial charge in [0.1, 0.15) is 23.4 Å². The highest BCUT2D eigenvalue weighted by Crippen LogP contribution is 2.61. The Morgan fingerprint density at radius 3 is 2.60 bits per heavy atom. The third-order valence-corrected chi connectivity index (χ3v) is 9.29. The van der Waals surface area contributed by atoms with Gasteiger partial charge in [0.25, 0.3) is 5.91 Å². The molecule has 1 atom stereocenters. The van der Waals surface area contributed by atoms with E-state index in [1.165, 1.54) is 35.7 Å². The number of ether oxygens (including phenoxy) is 3. The van der Waals surface area contributed by atoms with Crippen LogP contribution in [-0.4, -0.2) is 68.5 Å². The smallest absolute Gasteiger partial charge is 0.415 e. The minimum absolute atomic E-state index is 0.0824. The number of carbonyl (C=O) groups is 1. The molecule has 216 valence electrons. The molecule has 3 aromatic rings. The van der Waals surface area contributed by atoms with Gasteiger partial charge in [-0.3, -0.25) is 10.1 Å². The highest BCUT2D eigenvalue weighted by molar-refractivity contribution is 7.90. The standard InChI is InChI=1S/C25H30N3O9PS2/c1-4-19(14-33-2)36-21-10-17(11-22(12-21)37-20-6-7-23(26-13-20)40(3,31)32)24(29)28-25-27-18(16-39-25)15-38(30)34-8-5-9-35-38/h6-7,10-13,16,19,30H,4-5,8-9,14-15H2,1-3H3/p+1/t19-/m0/s1. The first kappa shape index (κ1) is 30.3. The van der Waals surface area contributed by atoms with Gasteiger partial charge in [-0.2, -0.15) is 13.9 Å². The van der Waals surface area contributed by atoms with Gasteiger partial charge in [0.2, 0.25) is 0 Å². The molecule has 40 heavy (non-hydrogen) atoms. The number of benzene rings is 1. The first-order valence-corrected chi connectivity index (χ1v) is 16.9. The quantitative estimate of drug-likeness (QED) is 0.278. The Morgan fingerprint density at radius 2 is 1.95 bits per heavy atom. The van der Waals surface area contributed by atoms with Crippen LogP contribution in [-0.2, 0) is 29.8 Å². The summed E-state index contributed by atoms with van der Waals surface area (Å²) in [5, 5.41) is 4.75. The van der Waals surface area contributed by atoms with E-state index in [0.29, 0.717) is 42.8 Å². The van der Waals surface area contributed by atoms with Gasteiger partial charge < -0.3 is 14.2 Å². The van der Waals surface area contributed by atoms with Gasteiger partial charge in [0.15, 0.2) is 26.2 Å². The summed E-state index contributed by atoms with van der Waals surface area (Å²) in [4.78, 5) is 32.1. The second kappa shape index (κ2) is 13.3. The molecule has 1 saturated heterocycles. The fraction of sp³-hybridized carbons (Fsp3) is 0.400. The van der Waals surface area contributed by atoms with E-state index in [4.69, 9.17) is 23.3 Å². The summed E-state index contributed by atoms with van der Waals surface area (Å²) in [6, 6.07) is 7.54. The molecule has 0 radical (unpaired) electrons. The third-order valence-electron chi connectivity index (χ3n) is 5.59. The van der Waals surface area contributed by atoms with E-state index in [-0.39, 0.29) is 34.4 Å². The number of hydrogen-bond donors (Lipinski definition) is 2. The predicted octanol–water partition coefficient (Wildman–Crippen LogP) is 4.48. The molecule has 3 heterocycles. The lowest BCUT2D eigenvalue weighted by Crippen LogP contribution is -2.21. The Kier molecular flexibility index (Phi) is 10.1. The van der Waals surface area contributed by atoms with Gasteiger partial charge in [-0.05, 0) is 30.7 Å². The van der Waals surface area contributed by atoms with Crippen molar-refractivity contribution in [3.05, 3.63) is 53.2 Å². The normalized spacial score (nSPS) is 15.8. The summed E-state index contributed by atoms with van der Waals surface area (Å²) in [7, 11) is -4.88. The number of amides is 1. The summed E-state index contributed by atoms with van der Waals surface area (Å²) in [6.45, 7) is 3.17. The monoisotopic (exact) mass is 612 g/mol. The molecule has 4 rings (SSSR count). The molecule has 0 unspecified atom stereocenters. The molecule has 1 aliphatic rings. The number of hydrogen-bond acceptors (Lipinski definition) is 12. The van der Waals surface area contributed by atoms with Crippen molar-refractivity contribution < 1.29 is 41.4 Å². The second-order valence-electron chi connectivity index (χ2n) is 8.92. The van der Waals surface area contributed by atoms with Crippen molar-refractivity contribution >= 4 is 40.2 Å². The van der Waals surface area contributed by atoms with Crippen molar-refractivity contribution in [2.75, 3.05) is 38.5 Å². The molecule has 0 aliphatic carbocycles. The fourth-order valence-corrected chi connectivity index (χ4v) is 6.68. The van der Waals surface area contributed by atoms with Crippen molar-refractivity contribution in [2.24, 2.45) is 0 Å². The Labute approximate surface area is 237 Å². The van der Waals surface area contributed by atoms with Crippen LogP contribution in [0.4, 0.5) is 5.13 Å². The van der Waals surface area contributed by atoms with Crippen LogP contribution < -0.4 is 14.8 Å². The average molecular weight is 613 g/mol. The zero-order valence-electron chi connectivity index (χ0n) is 22.2. The Morgan fingerprint density at radius 1 is 1.20 bits per heavy atom. The first-order valence-electron chi connectivity index (χ1n) is 12.4. The molecule has 1 aromatic carbocycles. The fourth-order valence-electron chi connectivity index (χ4n) is 3.64. The molecule has 1 amide bonds. The molecular formula is C25H31N3O9PS2+. The van der Waals surface area contributed by atoms with Crippen molar-refractivity contribution in [1.82, 2.24) is 9.97 Å². The lowest BCUT2D eigenvalue weighted by Gasteiger charge is -2.20. The lowest BCUT2D eigenvalue weighted by atomic mass is 10.2. The maximum atomic E-state index is 13.2. The maximum Gasteiger partial charge on any atom is 0.415 e. The van der Waals surface area contributed by atoms with E-state index >= 15 is 0 Å². The largest absolute Gasteiger partial charge is 0.488 e. The summed E-state index contributed by atoms with van der Waals surface area (Å²) in [6.07, 6.45) is 3.62. The van der Waals surface area contributed by atoms with Crippen molar-refractivity contribution in [1.29, 1.82) is 0 Å². The van der Waals surface area contributed by atoms with Crippen LogP contribution in [0.1, 0.15) is 35.8 Å². The zero-order chi connectivity index (χ0) is 28.8. The number of anilines is 1. The number of rotatable bonds is 12. The van der Waals surface area contributed by atoms with Gasteiger partial charge >= 0.3 is 7.94 Å². The zero-order valence-corrected chi connectivity index (χ0v) is 24.8. The molecular weight excluding hydrogens is 581 g/mol. The molecule has 1 fully saturated rings. The SMILES string of the molecule is CC[C@@H](COC)Oc1cc(Oc2ccc(S(C)(=O)=O)nc2)cc(C(=O)Nc2nc(C[P+]3(O)OCCCO3)cs2)c1. The predicted molar refractivity (Wildman–Crippen MR) is 150 cm³/mol. The molecule has 1 aliphatic heterocycles. The molecule has 12 nitrogen and oxygen atoms in total. The Hall–Kier alpha value is -2.71. The van der Waals surface area contributed by atoms with Gasteiger partial charge in [-0.25, -0.2) is 18.4 Å². The van der Waals surface area contributed by atoms with Crippen LogP contribution in [0.2, 0.25) is 0 Å². The number of pyridine rings is 1. The second-order valence-corrected chi connectivity index (χ2v) is 13.8. The Balaban J connectivity index is 1.53. The number of nitrogens with zero attached hydrogens (tertiary/aromatic N) is 2. The number of thiazole rings is 1. The van der Waals surface area contributed by atoms with Crippen LogP contribution in [0.3, 0.4) is 0 Å². The summed E-state index contributed by atoms with van der Waals surface area (Å²) < 4.78 is 51.5. The van der Waals surface area contributed by atoms with Gasteiger partial charge in [-0.1, -0.05) is 6.92 Å². The van der Waals surface area contributed by atoms with Crippen molar-refractivity contribution in [2.45, 2.75) is 37.1 Å². The topological polar surface area (TPSA) is 155 Å². The third kappa shape index (κ3) is 8.40. The molecule has 0 bridgehead atoms. The molecule has 0 spiro atoms. The summed E-state index contributed by atoms with van der Waals surface area (Å²) in [5.41, 5.74) is 0.789. The number of aromatic nitrogens is 2. The van der Waals surface area contributed by atoms with E-state index < -0.39 is 23.7 Å². The number of nitrogens with one attached hydrogen (secondary N) is 1. The highest BCUT2D eigenvalue weighted by atomic mass is 32.2. The van der Waals surface area contributed by atoms with Crippen molar-refractivity contribution in [3.63, 3.8) is 0 Å². The Bertz CT molecular complexity index is 1410. The minimum atomic E-state index is -3.46. The van der Waals surface area contributed by atoms with Crippen LogP contribution in [0.25, 0.3) is 0 Å². The van der Waals surface area contributed by atoms with Gasteiger partial charge in [0.05, 0.1) is 31.7 Å². The van der Waals surface area contributed by atoms with Gasteiger partial charge in [-0.15, -0.1) is 11.3 Å². The maximum absolute atomic E-state index is 13.2. The first-order chi connectivity index (χ1) is 19.1. The lowest BCUT2D eigenvalue weighted by molar-refractivity contribution is 0.0785.